The number of nitrogens with one attached hydrogen (secondary N) is 1. The first-order chi connectivity index (χ1) is 11.0. The summed E-state index contributed by atoms with van der Waals surface area (Å²) in [7, 11) is -3.65. The maximum atomic E-state index is 12.1. The first-order valence-corrected chi connectivity index (χ1v) is 9.05. The predicted molar refractivity (Wildman–Crippen MR) is 83.2 cm³/mol. The topological polar surface area (TPSA) is 105 Å². The van der Waals surface area contributed by atoms with E-state index in [4.69, 9.17) is 9.63 Å². The van der Waals surface area contributed by atoms with E-state index in [-0.39, 0.29) is 11.5 Å². The van der Waals surface area contributed by atoms with Crippen molar-refractivity contribution in [1.29, 1.82) is 0 Å². The average Bonchev–Trinajstić information content (AvgIpc) is 2.94. The van der Waals surface area contributed by atoms with Gasteiger partial charge in [-0.3, -0.25) is 0 Å². The molecule has 0 radical (unpaired) electrons. The van der Waals surface area contributed by atoms with Crippen LogP contribution in [-0.2, 0) is 10.0 Å². The van der Waals surface area contributed by atoms with Crippen LogP contribution < -0.4 is 4.72 Å². The smallest absolute Gasteiger partial charge is 0.257 e. The van der Waals surface area contributed by atoms with E-state index in [2.05, 4.69) is 14.9 Å². The molecular weight excluding hydrogens is 318 g/mol. The van der Waals surface area contributed by atoms with Gasteiger partial charge in [0.1, 0.15) is 0 Å². The van der Waals surface area contributed by atoms with Gasteiger partial charge in [0.15, 0.2) is 5.82 Å². The van der Waals surface area contributed by atoms with Crippen molar-refractivity contribution in [3.63, 3.8) is 0 Å². The van der Waals surface area contributed by atoms with Crippen molar-refractivity contribution in [2.75, 3.05) is 6.61 Å². The van der Waals surface area contributed by atoms with Crippen LogP contribution in [0, 0.1) is 0 Å². The maximum Gasteiger partial charge on any atom is 0.257 e. The van der Waals surface area contributed by atoms with Gasteiger partial charge in [0, 0.05) is 17.5 Å². The quantitative estimate of drug-likeness (QED) is 0.830. The molecule has 1 unspecified atom stereocenters. The number of aliphatic hydroxyl groups excluding tert-OH is 1. The minimum atomic E-state index is -3.65. The standard InChI is InChI=1S/C15H19N3O4S/c1-10(9-19)18-23(20,21)13-7-5-12(6-8-13)15-16-14(17-22-15)11-3-2-4-11/h5-8,10-11,18-19H,2-4,9H2,1H3. The number of rotatable bonds is 6. The van der Waals surface area contributed by atoms with Crippen molar-refractivity contribution in [3.05, 3.63) is 30.1 Å². The Morgan fingerprint density at radius 3 is 2.61 bits per heavy atom. The summed E-state index contributed by atoms with van der Waals surface area (Å²) in [5, 5.41) is 12.9. The van der Waals surface area contributed by atoms with Crippen LogP contribution in [0.25, 0.3) is 11.5 Å². The number of aromatic nitrogens is 2. The van der Waals surface area contributed by atoms with Gasteiger partial charge in [0.2, 0.25) is 10.0 Å². The SMILES string of the molecule is CC(CO)NS(=O)(=O)c1ccc(-c2nc(C3CCC3)no2)cc1. The summed E-state index contributed by atoms with van der Waals surface area (Å²) in [4.78, 5) is 4.51. The minimum absolute atomic E-state index is 0.125. The second kappa shape index (κ2) is 6.38. The highest BCUT2D eigenvalue weighted by molar-refractivity contribution is 7.89. The summed E-state index contributed by atoms with van der Waals surface area (Å²) in [6, 6.07) is 5.69. The number of nitrogens with zero attached hydrogens (tertiary/aromatic N) is 2. The van der Waals surface area contributed by atoms with Crippen LogP contribution in [0.1, 0.15) is 37.9 Å². The largest absolute Gasteiger partial charge is 0.395 e. The molecule has 1 aromatic heterocycles. The average molecular weight is 337 g/mol. The monoisotopic (exact) mass is 337 g/mol. The molecule has 1 atom stereocenters. The van der Waals surface area contributed by atoms with Crippen molar-refractivity contribution < 1.29 is 18.0 Å². The Bertz CT molecular complexity index is 766. The molecule has 23 heavy (non-hydrogen) atoms. The van der Waals surface area contributed by atoms with Gasteiger partial charge >= 0.3 is 0 Å². The first kappa shape index (κ1) is 16.1. The van der Waals surface area contributed by atoms with E-state index >= 15 is 0 Å². The molecule has 8 heteroatoms. The predicted octanol–water partition coefficient (Wildman–Crippen LogP) is 1.66. The van der Waals surface area contributed by atoms with E-state index in [1.807, 2.05) is 0 Å². The second-order valence-electron chi connectivity index (χ2n) is 5.81. The molecule has 0 saturated heterocycles. The summed E-state index contributed by atoms with van der Waals surface area (Å²) in [6.45, 7) is 1.33. The Hall–Kier alpha value is -1.77. The molecule has 2 aromatic rings. The Morgan fingerprint density at radius 2 is 2.04 bits per heavy atom. The Labute approximate surface area is 134 Å². The zero-order valence-corrected chi connectivity index (χ0v) is 13.6. The fourth-order valence-electron chi connectivity index (χ4n) is 2.33. The molecule has 1 fully saturated rings. The molecule has 2 N–H and O–H groups in total. The molecule has 1 heterocycles. The number of sulfonamides is 1. The van der Waals surface area contributed by atoms with Crippen molar-refractivity contribution >= 4 is 10.0 Å². The van der Waals surface area contributed by atoms with Gasteiger partial charge < -0.3 is 9.63 Å². The summed E-state index contributed by atoms with van der Waals surface area (Å²) >= 11 is 0. The van der Waals surface area contributed by atoms with Gasteiger partial charge in [-0.25, -0.2) is 13.1 Å². The first-order valence-electron chi connectivity index (χ1n) is 7.57. The van der Waals surface area contributed by atoms with E-state index < -0.39 is 16.1 Å². The summed E-state index contributed by atoms with van der Waals surface area (Å²) < 4.78 is 31.9. The lowest BCUT2D eigenvalue weighted by Gasteiger charge is -2.20. The molecule has 1 saturated carbocycles. The number of hydrogen-bond acceptors (Lipinski definition) is 6. The highest BCUT2D eigenvalue weighted by Crippen LogP contribution is 2.35. The summed E-state index contributed by atoms with van der Waals surface area (Å²) in [6.07, 6.45) is 3.37. The third-order valence-corrected chi connectivity index (χ3v) is 5.56. The van der Waals surface area contributed by atoms with Gasteiger partial charge in [-0.1, -0.05) is 11.6 Å². The lowest BCUT2D eigenvalue weighted by Crippen LogP contribution is -2.34. The molecule has 7 nitrogen and oxygen atoms in total. The Balaban J connectivity index is 1.77. The van der Waals surface area contributed by atoms with Gasteiger partial charge in [0.25, 0.3) is 5.89 Å². The van der Waals surface area contributed by atoms with Crippen molar-refractivity contribution in [1.82, 2.24) is 14.9 Å². The van der Waals surface area contributed by atoms with E-state index in [0.717, 1.165) is 18.7 Å². The van der Waals surface area contributed by atoms with Crippen LogP contribution in [0.15, 0.2) is 33.7 Å². The number of benzene rings is 1. The third kappa shape index (κ3) is 3.44. The van der Waals surface area contributed by atoms with Crippen LogP contribution in [0.2, 0.25) is 0 Å². The van der Waals surface area contributed by atoms with Crippen molar-refractivity contribution in [2.45, 2.75) is 43.0 Å². The molecule has 0 aliphatic heterocycles. The molecule has 0 bridgehead atoms. The van der Waals surface area contributed by atoms with E-state index in [1.165, 1.54) is 18.6 Å². The van der Waals surface area contributed by atoms with E-state index in [9.17, 15) is 8.42 Å². The Kier molecular flexibility index (Phi) is 4.47. The molecule has 3 rings (SSSR count). The van der Waals surface area contributed by atoms with Crippen LogP contribution in [-0.4, -0.2) is 36.3 Å². The number of hydrogen-bond donors (Lipinski definition) is 2. The molecule has 124 valence electrons. The van der Waals surface area contributed by atoms with Gasteiger partial charge in [0.05, 0.1) is 11.5 Å². The maximum absolute atomic E-state index is 12.1. The Morgan fingerprint density at radius 1 is 1.35 bits per heavy atom. The zero-order chi connectivity index (χ0) is 16.4. The van der Waals surface area contributed by atoms with Gasteiger partial charge in [-0.2, -0.15) is 4.98 Å². The molecule has 1 aromatic carbocycles. The molecule has 0 spiro atoms. The number of aliphatic hydroxyl groups is 1. The second-order valence-corrected chi connectivity index (χ2v) is 7.53. The summed E-state index contributed by atoms with van der Waals surface area (Å²) in [5.74, 6) is 1.50. The summed E-state index contributed by atoms with van der Waals surface area (Å²) in [5.41, 5.74) is 0.678. The van der Waals surface area contributed by atoms with Crippen LogP contribution in [0.5, 0.6) is 0 Å². The fraction of sp³-hybridized carbons (Fsp3) is 0.467. The zero-order valence-electron chi connectivity index (χ0n) is 12.8. The van der Waals surface area contributed by atoms with Crippen molar-refractivity contribution in [2.24, 2.45) is 0 Å². The fourth-order valence-corrected chi connectivity index (χ4v) is 3.57. The van der Waals surface area contributed by atoms with Crippen LogP contribution in [0.4, 0.5) is 0 Å². The van der Waals surface area contributed by atoms with E-state index in [0.29, 0.717) is 17.4 Å². The molecule has 0 amide bonds. The van der Waals surface area contributed by atoms with E-state index in [1.54, 1.807) is 19.1 Å². The van der Waals surface area contributed by atoms with Crippen molar-refractivity contribution in [3.8, 4) is 11.5 Å². The molecule has 1 aliphatic rings. The lowest BCUT2D eigenvalue weighted by atomic mass is 9.85. The molecular formula is C15H19N3O4S. The third-order valence-electron chi connectivity index (χ3n) is 3.95. The molecule has 1 aliphatic carbocycles. The van der Waals surface area contributed by atoms with Gasteiger partial charge in [-0.15, -0.1) is 0 Å². The minimum Gasteiger partial charge on any atom is -0.395 e. The van der Waals surface area contributed by atoms with Crippen LogP contribution in [0.3, 0.4) is 0 Å². The van der Waals surface area contributed by atoms with Crippen LogP contribution >= 0.6 is 0 Å². The lowest BCUT2D eigenvalue weighted by molar-refractivity contribution is 0.265. The highest BCUT2D eigenvalue weighted by Gasteiger charge is 2.25. The van der Waals surface area contributed by atoms with Gasteiger partial charge in [-0.05, 0) is 44.0 Å². The normalized spacial score (nSPS) is 17.0. The highest BCUT2D eigenvalue weighted by atomic mass is 32.2.